The summed E-state index contributed by atoms with van der Waals surface area (Å²) in [5.41, 5.74) is 5.45. The quantitative estimate of drug-likeness (QED) is 0.835. The van der Waals surface area contributed by atoms with Crippen molar-refractivity contribution in [2.75, 3.05) is 12.3 Å². The molecule has 1 aromatic rings. The lowest BCUT2D eigenvalue weighted by Crippen LogP contribution is -2.34. The molecule has 0 saturated carbocycles. The van der Waals surface area contributed by atoms with Gasteiger partial charge < -0.3 is 5.73 Å². The van der Waals surface area contributed by atoms with Gasteiger partial charge in [0.05, 0.1) is 0 Å². The monoisotopic (exact) mass is 285 g/mol. The van der Waals surface area contributed by atoms with E-state index in [0.29, 0.717) is 30.1 Å². The lowest BCUT2D eigenvalue weighted by atomic mass is 9.86. The van der Waals surface area contributed by atoms with Crippen molar-refractivity contribution in [3.8, 4) is 0 Å². The van der Waals surface area contributed by atoms with Crippen LogP contribution in [0.4, 0.5) is 5.82 Å². The molecular formula is C13H23N3O2S. The van der Waals surface area contributed by atoms with Crippen LogP contribution in [-0.2, 0) is 10.0 Å². The molecule has 1 rings (SSSR count). The molecule has 0 amide bonds. The Morgan fingerprint density at radius 3 is 2.21 bits per heavy atom. The average molecular weight is 285 g/mol. The smallest absolute Gasteiger partial charge is 0.242 e. The summed E-state index contributed by atoms with van der Waals surface area (Å²) in [4.78, 5) is 3.95. The molecule has 0 spiro atoms. The number of pyridine rings is 1. The van der Waals surface area contributed by atoms with Crippen LogP contribution in [-0.4, -0.2) is 19.9 Å². The van der Waals surface area contributed by atoms with Gasteiger partial charge in [-0.05, 0) is 29.9 Å². The summed E-state index contributed by atoms with van der Waals surface area (Å²) < 4.78 is 26.9. The molecule has 0 radical (unpaired) electrons. The zero-order chi connectivity index (χ0) is 14.6. The fourth-order valence-corrected chi connectivity index (χ4v) is 3.10. The van der Waals surface area contributed by atoms with E-state index in [4.69, 9.17) is 5.73 Å². The number of hydrogen-bond donors (Lipinski definition) is 2. The third-order valence-corrected chi connectivity index (χ3v) is 4.70. The van der Waals surface area contributed by atoms with Gasteiger partial charge in [-0.2, -0.15) is 0 Å². The fourth-order valence-electron chi connectivity index (χ4n) is 2.08. The highest BCUT2D eigenvalue weighted by molar-refractivity contribution is 7.89. The Morgan fingerprint density at radius 2 is 1.79 bits per heavy atom. The molecule has 0 aliphatic carbocycles. The second kappa shape index (κ2) is 6.34. The number of aromatic nitrogens is 1. The van der Waals surface area contributed by atoms with Crippen molar-refractivity contribution < 1.29 is 8.42 Å². The van der Waals surface area contributed by atoms with Gasteiger partial charge in [0, 0.05) is 12.7 Å². The second-order valence-corrected chi connectivity index (χ2v) is 7.19. The van der Waals surface area contributed by atoms with E-state index >= 15 is 0 Å². The molecule has 3 N–H and O–H groups in total. The number of rotatable bonds is 6. The van der Waals surface area contributed by atoms with E-state index < -0.39 is 10.0 Å². The van der Waals surface area contributed by atoms with Gasteiger partial charge in [0.25, 0.3) is 0 Å². The topological polar surface area (TPSA) is 85.1 Å². The van der Waals surface area contributed by atoms with Gasteiger partial charge in [-0.1, -0.05) is 27.7 Å². The van der Waals surface area contributed by atoms with E-state index in [-0.39, 0.29) is 4.90 Å². The van der Waals surface area contributed by atoms with Gasteiger partial charge in [0.2, 0.25) is 10.0 Å². The maximum atomic E-state index is 12.1. The molecule has 5 nitrogen and oxygen atoms in total. The molecule has 19 heavy (non-hydrogen) atoms. The van der Waals surface area contributed by atoms with Gasteiger partial charge in [-0.3, -0.25) is 0 Å². The predicted molar refractivity (Wildman–Crippen MR) is 77.0 cm³/mol. The lowest BCUT2D eigenvalue weighted by Gasteiger charge is -2.24. The molecule has 1 heterocycles. The minimum Gasteiger partial charge on any atom is -0.384 e. The normalized spacial score (nSPS) is 12.6. The van der Waals surface area contributed by atoms with Crippen LogP contribution < -0.4 is 10.5 Å². The van der Waals surface area contributed by atoms with Gasteiger partial charge in [0.1, 0.15) is 10.7 Å². The number of nitrogens with two attached hydrogens (primary N) is 1. The van der Waals surface area contributed by atoms with Crippen LogP contribution >= 0.6 is 0 Å². The zero-order valence-electron chi connectivity index (χ0n) is 11.9. The van der Waals surface area contributed by atoms with Crippen LogP contribution in [0.25, 0.3) is 0 Å². The maximum Gasteiger partial charge on any atom is 0.242 e. The van der Waals surface area contributed by atoms with Crippen molar-refractivity contribution in [1.82, 2.24) is 9.71 Å². The molecule has 0 aromatic carbocycles. The largest absolute Gasteiger partial charge is 0.384 e. The van der Waals surface area contributed by atoms with Crippen LogP contribution in [0.2, 0.25) is 0 Å². The lowest BCUT2D eigenvalue weighted by molar-refractivity contribution is 0.289. The molecule has 0 aliphatic rings. The molecule has 0 atom stereocenters. The van der Waals surface area contributed by atoms with Crippen molar-refractivity contribution in [3.63, 3.8) is 0 Å². The zero-order valence-corrected chi connectivity index (χ0v) is 12.7. The first-order chi connectivity index (χ1) is 8.74. The summed E-state index contributed by atoms with van der Waals surface area (Å²) in [6.07, 6.45) is 1.28. The van der Waals surface area contributed by atoms with Gasteiger partial charge in [0.15, 0.2) is 0 Å². The van der Waals surface area contributed by atoms with Crippen molar-refractivity contribution in [2.24, 2.45) is 17.8 Å². The Kier molecular flexibility index (Phi) is 5.31. The Labute approximate surface area is 115 Å². The Balaban J connectivity index is 2.78. The number of anilines is 1. The van der Waals surface area contributed by atoms with E-state index in [0.717, 1.165) is 0 Å². The summed E-state index contributed by atoms with van der Waals surface area (Å²) in [6, 6.07) is 2.95. The molecule has 0 bridgehead atoms. The minimum absolute atomic E-state index is 0.146. The number of hydrogen-bond acceptors (Lipinski definition) is 4. The third kappa shape index (κ3) is 4.47. The number of nitrogens with zero attached hydrogens (tertiary/aromatic N) is 1. The standard InChI is InChI=1S/C13H23N3O2S/c1-9(2)12(10(3)4)8-16-19(17,18)11-5-6-13(14)15-7-11/h5-7,9-10,12,16H,8H2,1-4H3,(H2,14,15). The highest BCUT2D eigenvalue weighted by atomic mass is 32.2. The van der Waals surface area contributed by atoms with E-state index in [1.54, 1.807) is 0 Å². The Hall–Kier alpha value is -1.14. The molecule has 0 aliphatic heterocycles. The van der Waals surface area contributed by atoms with Crippen molar-refractivity contribution in [3.05, 3.63) is 18.3 Å². The first-order valence-electron chi connectivity index (χ1n) is 6.45. The molecule has 0 saturated heterocycles. The SMILES string of the molecule is CC(C)C(CNS(=O)(=O)c1ccc(N)nc1)C(C)C. The second-order valence-electron chi connectivity index (χ2n) is 5.42. The first kappa shape index (κ1) is 15.9. The first-order valence-corrected chi connectivity index (χ1v) is 7.93. The molecule has 0 fully saturated rings. The van der Waals surface area contributed by atoms with Crippen molar-refractivity contribution in [1.29, 1.82) is 0 Å². The van der Waals surface area contributed by atoms with Crippen LogP contribution in [0.15, 0.2) is 23.2 Å². The summed E-state index contributed by atoms with van der Waals surface area (Å²) in [5.74, 6) is 1.46. The van der Waals surface area contributed by atoms with Crippen molar-refractivity contribution >= 4 is 15.8 Å². The van der Waals surface area contributed by atoms with Gasteiger partial charge in [-0.25, -0.2) is 18.1 Å². The number of sulfonamides is 1. The molecular weight excluding hydrogens is 262 g/mol. The summed E-state index contributed by atoms with van der Waals surface area (Å²) in [7, 11) is -3.51. The fraction of sp³-hybridized carbons (Fsp3) is 0.615. The van der Waals surface area contributed by atoms with Crippen LogP contribution in [0.3, 0.4) is 0 Å². The Morgan fingerprint density at radius 1 is 1.21 bits per heavy atom. The van der Waals surface area contributed by atoms with E-state index in [9.17, 15) is 8.42 Å². The molecule has 108 valence electrons. The minimum atomic E-state index is -3.51. The van der Waals surface area contributed by atoms with E-state index in [2.05, 4.69) is 37.4 Å². The third-order valence-electron chi connectivity index (χ3n) is 3.29. The van der Waals surface area contributed by atoms with Gasteiger partial charge in [-0.15, -0.1) is 0 Å². The van der Waals surface area contributed by atoms with Gasteiger partial charge >= 0.3 is 0 Å². The van der Waals surface area contributed by atoms with Crippen molar-refractivity contribution in [2.45, 2.75) is 32.6 Å². The molecule has 6 heteroatoms. The summed E-state index contributed by atoms with van der Waals surface area (Å²) in [6.45, 7) is 8.84. The van der Waals surface area contributed by atoms with Crippen LogP contribution in [0, 0.1) is 17.8 Å². The Bertz CT molecular complexity index is 487. The van der Waals surface area contributed by atoms with Crippen LogP contribution in [0.5, 0.6) is 0 Å². The molecule has 0 unspecified atom stereocenters. The predicted octanol–water partition coefficient (Wildman–Crippen LogP) is 1.87. The number of nitrogens with one attached hydrogen (secondary N) is 1. The number of nitrogen functional groups attached to an aromatic ring is 1. The van der Waals surface area contributed by atoms with E-state index in [1.807, 2.05) is 0 Å². The summed E-state index contributed by atoms with van der Waals surface area (Å²) >= 11 is 0. The maximum absolute atomic E-state index is 12.1. The summed E-state index contributed by atoms with van der Waals surface area (Å²) in [5, 5.41) is 0. The molecule has 1 aromatic heterocycles. The highest BCUT2D eigenvalue weighted by Crippen LogP contribution is 2.20. The average Bonchev–Trinajstić information content (AvgIpc) is 2.28. The highest BCUT2D eigenvalue weighted by Gasteiger charge is 2.21. The van der Waals surface area contributed by atoms with Crippen LogP contribution in [0.1, 0.15) is 27.7 Å². The van der Waals surface area contributed by atoms with E-state index in [1.165, 1.54) is 18.3 Å².